The van der Waals surface area contributed by atoms with Gasteiger partial charge in [0.1, 0.15) is 0 Å². The number of rotatable bonds is 5. The Kier molecular flexibility index (Phi) is 5.08. The summed E-state index contributed by atoms with van der Waals surface area (Å²) in [6, 6.07) is 7.15. The van der Waals surface area contributed by atoms with Gasteiger partial charge in [-0.15, -0.1) is 0 Å². The Morgan fingerprint density at radius 2 is 2.14 bits per heavy atom. The average Bonchev–Trinajstić information content (AvgIpc) is 2.45. The highest BCUT2D eigenvalue weighted by molar-refractivity contribution is 9.11. The molecule has 0 atom stereocenters. The second-order valence-corrected chi connectivity index (χ2v) is 5.98. The molecule has 1 heterocycles. The molecule has 1 aromatic carbocycles. The SMILES string of the molecule is C=C(Br)CNC(=O)CCn1c(=S)[nH]c2ccccc2c1=O. The lowest BCUT2D eigenvalue weighted by atomic mass is 10.2. The molecule has 1 amide bonds. The van der Waals surface area contributed by atoms with Gasteiger partial charge >= 0.3 is 0 Å². The van der Waals surface area contributed by atoms with Crippen LogP contribution in [0.4, 0.5) is 0 Å². The zero-order valence-electron chi connectivity index (χ0n) is 11.2. The lowest BCUT2D eigenvalue weighted by Gasteiger charge is -2.08. The number of aromatic amines is 1. The minimum atomic E-state index is -0.188. The third-order valence-corrected chi connectivity index (χ3v) is 3.53. The predicted molar refractivity (Wildman–Crippen MR) is 89.1 cm³/mol. The smallest absolute Gasteiger partial charge is 0.262 e. The third-order valence-electron chi connectivity index (χ3n) is 2.93. The minimum Gasteiger partial charge on any atom is -0.351 e. The molecule has 0 aliphatic carbocycles. The van der Waals surface area contributed by atoms with Crippen LogP contribution in [-0.2, 0) is 11.3 Å². The fourth-order valence-electron chi connectivity index (χ4n) is 1.90. The molecule has 0 saturated carbocycles. The zero-order valence-corrected chi connectivity index (χ0v) is 13.6. The molecule has 7 heteroatoms. The van der Waals surface area contributed by atoms with Crippen LogP contribution >= 0.6 is 28.1 Å². The number of carbonyl (C=O) groups is 1. The number of para-hydroxylation sites is 1. The van der Waals surface area contributed by atoms with Crippen LogP contribution in [0.15, 0.2) is 40.1 Å². The molecule has 2 aromatic rings. The molecular weight excluding hydrogens is 354 g/mol. The van der Waals surface area contributed by atoms with Crippen molar-refractivity contribution < 1.29 is 4.79 Å². The number of hydrogen-bond acceptors (Lipinski definition) is 3. The van der Waals surface area contributed by atoms with Gasteiger partial charge in [0.2, 0.25) is 5.91 Å². The summed E-state index contributed by atoms with van der Waals surface area (Å²) in [4.78, 5) is 27.0. The number of halogens is 1. The molecule has 110 valence electrons. The first-order valence-electron chi connectivity index (χ1n) is 6.31. The van der Waals surface area contributed by atoms with Crippen molar-refractivity contribution in [1.82, 2.24) is 14.9 Å². The molecular formula is C14H14BrN3O2S. The second kappa shape index (κ2) is 6.82. The lowest BCUT2D eigenvalue weighted by molar-refractivity contribution is -0.121. The molecule has 0 radical (unpaired) electrons. The van der Waals surface area contributed by atoms with Crippen LogP contribution < -0.4 is 10.9 Å². The Morgan fingerprint density at radius 1 is 1.43 bits per heavy atom. The monoisotopic (exact) mass is 367 g/mol. The molecule has 0 bridgehead atoms. The van der Waals surface area contributed by atoms with E-state index in [2.05, 4.69) is 32.8 Å². The maximum atomic E-state index is 12.4. The molecule has 2 rings (SSSR count). The molecule has 21 heavy (non-hydrogen) atoms. The van der Waals surface area contributed by atoms with E-state index in [1.165, 1.54) is 4.57 Å². The van der Waals surface area contributed by atoms with Gasteiger partial charge in [-0.2, -0.15) is 0 Å². The third kappa shape index (κ3) is 3.89. The molecule has 0 saturated heterocycles. The first kappa shape index (κ1) is 15.7. The van der Waals surface area contributed by atoms with Crippen LogP contribution in [0.5, 0.6) is 0 Å². The van der Waals surface area contributed by atoms with Gasteiger partial charge in [-0.05, 0) is 24.4 Å². The Balaban J connectivity index is 2.19. The van der Waals surface area contributed by atoms with Crippen molar-refractivity contribution in [3.05, 3.63) is 50.5 Å². The van der Waals surface area contributed by atoms with Crippen LogP contribution in [0.3, 0.4) is 0 Å². The number of nitrogens with zero attached hydrogens (tertiary/aromatic N) is 1. The fraction of sp³-hybridized carbons (Fsp3) is 0.214. The zero-order chi connectivity index (χ0) is 15.4. The maximum Gasteiger partial charge on any atom is 0.262 e. The Morgan fingerprint density at radius 3 is 2.86 bits per heavy atom. The van der Waals surface area contributed by atoms with E-state index in [-0.39, 0.29) is 24.4 Å². The summed E-state index contributed by atoms with van der Waals surface area (Å²) >= 11 is 8.34. The van der Waals surface area contributed by atoms with Gasteiger partial charge in [-0.1, -0.05) is 34.6 Å². The summed E-state index contributed by atoms with van der Waals surface area (Å²) in [5, 5.41) is 3.24. The molecule has 0 unspecified atom stereocenters. The van der Waals surface area contributed by atoms with E-state index in [0.717, 1.165) is 0 Å². The molecule has 0 aliphatic heterocycles. The van der Waals surface area contributed by atoms with Gasteiger partial charge in [0, 0.05) is 24.0 Å². The summed E-state index contributed by atoms with van der Waals surface area (Å²) in [6.45, 7) is 4.23. The van der Waals surface area contributed by atoms with Gasteiger partial charge in [0.25, 0.3) is 5.56 Å². The van der Waals surface area contributed by atoms with Crippen molar-refractivity contribution in [1.29, 1.82) is 0 Å². The van der Waals surface area contributed by atoms with Crippen molar-refractivity contribution in [2.75, 3.05) is 6.54 Å². The van der Waals surface area contributed by atoms with Crippen LogP contribution in [0, 0.1) is 4.77 Å². The van der Waals surface area contributed by atoms with Gasteiger partial charge in [-0.25, -0.2) is 0 Å². The van der Waals surface area contributed by atoms with Crippen LogP contribution in [-0.4, -0.2) is 22.0 Å². The topological polar surface area (TPSA) is 66.9 Å². The second-order valence-electron chi connectivity index (χ2n) is 4.48. The summed E-state index contributed by atoms with van der Waals surface area (Å²) < 4.78 is 2.41. The van der Waals surface area contributed by atoms with Gasteiger partial charge in [0.15, 0.2) is 4.77 Å². The maximum absolute atomic E-state index is 12.4. The van der Waals surface area contributed by atoms with Gasteiger partial charge in [-0.3, -0.25) is 14.2 Å². The van der Waals surface area contributed by atoms with Crippen molar-refractivity contribution in [3.63, 3.8) is 0 Å². The molecule has 0 aliphatic rings. The summed E-state index contributed by atoms with van der Waals surface area (Å²) in [5.41, 5.74) is 0.510. The van der Waals surface area contributed by atoms with E-state index < -0.39 is 0 Å². The Bertz CT molecular complexity index is 810. The van der Waals surface area contributed by atoms with Gasteiger partial charge in [0.05, 0.1) is 10.9 Å². The van der Waals surface area contributed by atoms with E-state index in [1.54, 1.807) is 18.2 Å². The van der Waals surface area contributed by atoms with Crippen molar-refractivity contribution >= 4 is 45.0 Å². The Labute approximate surface area is 134 Å². The number of hydrogen-bond donors (Lipinski definition) is 2. The molecule has 5 nitrogen and oxygen atoms in total. The van der Waals surface area contributed by atoms with Gasteiger partial charge < -0.3 is 10.3 Å². The highest BCUT2D eigenvalue weighted by Crippen LogP contribution is 2.06. The summed E-state index contributed by atoms with van der Waals surface area (Å²) in [7, 11) is 0. The lowest BCUT2D eigenvalue weighted by Crippen LogP contribution is -2.28. The fourth-order valence-corrected chi connectivity index (χ4v) is 2.32. The average molecular weight is 368 g/mol. The largest absolute Gasteiger partial charge is 0.351 e. The standard InChI is InChI=1S/C14H14BrN3O2S/c1-9(15)8-16-12(19)6-7-18-13(20)10-4-2-3-5-11(10)17-14(18)21/h2-5H,1,6-8H2,(H,16,19)(H,17,21). The first-order valence-corrected chi connectivity index (χ1v) is 7.51. The van der Waals surface area contributed by atoms with Crippen LogP contribution in [0.1, 0.15) is 6.42 Å². The first-order chi connectivity index (χ1) is 9.99. The van der Waals surface area contributed by atoms with E-state index in [1.807, 2.05) is 6.07 Å². The quantitative estimate of drug-likeness (QED) is 0.797. The number of aromatic nitrogens is 2. The van der Waals surface area contributed by atoms with Crippen LogP contribution in [0.2, 0.25) is 0 Å². The summed E-state index contributed by atoms with van der Waals surface area (Å²) in [5.74, 6) is -0.162. The number of carbonyl (C=O) groups excluding carboxylic acids is 1. The summed E-state index contributed by atoms with van der Waals surface area (Å²) in [6.07, 6.45) is 0.177. The van der Waals surface area contributed by atoms with Crippen molar-refractivity contribution in [2.45, 2.75) is 13.0 Å². The van der Waals surface area contributed by atoms with Crippen molar-refractivity contribution in [3.8, 4) is 0 Å². The molecule has 2 N–H and O–H groups in total. The normalized spacial score (nSPS) is 10.5. The number of H-pyrrole nitrogens is 1. The minimum absolute atomic E-state index is 0.162. The highest BCUT2D eigenvalue weighted by Gasteiger charge is 2.07. The number of fused-ring (bicyclic) bond motifs is 1. The molecule has 1 aromatic heterocycles. The van der Waals surface area contributed by atoms with Crippen LogP contribution in [0.25, 0.3) is 10.9 Å². The van der Waals surface area contributed by atoms with Crippen molar-refractivity contribution in [2.24, 2.45) is 0 Å². The number of benzene rings is 1. The predicted octanol–water partition coefficient (Wildman–Crippen LogP) is 2.47. The van der Waals surface area contributed by atoms with E-state index in [0.29, 0.717) is 26.7 Å². The number of nitrogens with one attached hydrogen (secondary N) is 2. The molecule has 0 fully saturated rings. The highest BCUT2D eigenvalue weighted by atomic mass is 79.9. The Hall–Kier alpha value is -1.73. The number of amides is 1. The van der Waals surface area contributed by atoms with E-state index in [9.17, 15) is 9.59 Å². The molecule has 0 spiro atoms. The van der Waals surface area contributed by atoms with E-state index >= 15 is 0 Å². The van der Waals surface area contributed by atoms with E-state index in [4.69, 9.17) is 12.2 Å².